The molecule has 1 atom stereocenters. The number of nitrogens with zero attached hydrogens (tertiary/aromatic N) is 1. The van der Waals surface area contributed by atoms with E-state index in [9.17, 15) is 24.3 Å². The van der Waals surface area contributed by atoms with Gasteiger partial charge in [0, 0.05) is 37.2 Å². The van der Waals surface area contributed by atoms with Crippen LogP contribution in [0, 0.1) is 5.41 Å². The van der Waals surface area contributed by atoms with Gasteiger partial charge in [-0.1, -0.05) is 74.5 Å². The van der Waals surface area contributed by atoms with Crippen LogP contribution in [0.15, 0.2) is 85.2 Å². The van der Waals surface area contributed by atoms with Gasteiger partial charge in [0.25, 0.3) is 5.91 Å². The van der Waals surface area contributed by atoms with Crippen LogP contribution >= 0.6 is 0 Å². The van der Waals surface area contributed by atoms with Gasteiger partial charge in [0.15, 0.2) is 0 Å². The van der Waals surface area contributed by atoms with Crippen LogP contribution in [-0.2, 0) is 36.7 Å². The number of rotatable bonds is 19. The Balaban J connectivity index is 0.000000334. The van der Waals surface area contributed by atoms with Crippen molar-refractivity contribution in [3.8, 4) is 0 Å². The van der Waals surface area contributed by atoms with E-state index in [-0.39, 0.29) is 44.2 Å². The molecule has 0 saturated heterocycles. The molecule has 0 radical (unpaired) electrons. The quantitative estimate of drug-likeness (QED) is 0.110. The zero-order valence-electron chi connectivity index (χ0n) is 27.9. The van der Waals surface area contributed by atoms with E-state index in [0.29, 0.717) is 31.4 Å². The van der Waals surface area contributed by atoms with E-state index < -0.39 is 17.4 Å². The van der Waals surface area contributed by atoms with Gasteiger partial charge in [0.2, 0.25) is 5.91 Å². The van der Waals surface area contributed by atoms with Crippen LogP contribution in [0.2, 0.25) is 0 Å². The molecule has 0 spiro atoms. The van der Waals surface area contributed by atoms with Gasteiger partial charge in [-0.05, 0) is 55.4 Å². The number of pyridine rings is 1. The number of carbonyl (C=O) groups is 4. The Morgan fingerprint density at radius 1 is 0.750 bits per heavy atom. The van der Waals surface area contributed by atoms with Crippen molar-refractivity contribution >= 4 is 23.8 Å². The summed E-state index contributed by atoms with van der Waals surface area (Å²) in [7, 11) is 0. The predicted octanol–water partition coefficient (Wildman–Crippen LogP) is 3.82. The van der Waals surface area contributed by atoms with Gasteiger partial charge < -0.3 is 30.3 Å². The van der Waals surface area contributed by atoms with Gasteiger partial charge in [-0.3, -0.25) is 24.2 Å². The van der Waals surface area contributed by atoms with Crippen molar-refractivity contribution in [2.45, 2.75) is 64.9 Å². The average molecular weight is 664 g/mol. The zero-order valence-corrected chi connectivity index (χ0v) is 27.9. The summed E-state index contributed by atoms with van der Waals surface area (Å²) in [5.74, 6) is -1.24. The van der Waals surface area contributed by atoms with E-state index in [2.05, 4.69) is 15.6 Å². The number of aryl methyl sites for hydroxylation is 2. The number of aromatic nitrogens is 1. The van der Waals surface area contributed by atoms with Gasteiger partial charge in [-0.25, -0.2) is 0 Å². The first kappa shape index (κ1) is 39.6. The number of aliphatic hydroxyl groups excluding tert-OH is 2. The molecule has 2 amide bonds. The minimum Gasteiger partial charge on any atom is -0.466 e. The highest BCUT2D eigenvalue weighted by molar-refractivity contribution is 5.93. The summed E-state index contributed by atoms with van der Waals surface area (Å²) in [5.41, 5.74) is 2.00. The maximum atomic E-state index is 11.7. The number of benzene rings is 2. The molecule has 48 heavy (non-hydrogen) atoms. The molecule has 260 valence electrons. The lowest BCUT2D eigenvalue weighted by molar-refractivity contribution is -0.144. The molecule has 1 unspecified atom stereocenters. The van der Waals surface area contributed by atoms with E-state index in [1.54, 1.807) is 32.2 Å². The molecule has 0 bridgehead atoms. The molecule has 2 aromatic carbocycles. The maximum Gasteiger partial charge on any atom is 0.305 e. The summed E-state index contributed by atoms with van der Waals surface area (Å²) in [4.78, 5) is 50.6. The molecule has 0 aliphatic rings. The molecule has 1 aromatic heterocycles. The lowest BCUT2D eigenvalue weighted by atomic mass is 9.87. The molecule has 11 heteroatoms. The molecule has 11 nitrogen and oxygen atoms in total. The number of nitrogens with one attached hydrogen (secondary N) is 2. The van der Waals surface area contributed by atoms with E-state index in [0.717, 1.165) is 25.7 Å². The second-order valence-electron chi connectivity index (χ2n) is 11.8. The van der Waals surface area contributed by atoms with Crippen molar-refractivity contribution in [3.05, 3.63) is 102 Å². The van der Waals surface area contributed by atoms with Crippen LogP contribution in [-0.4, -0.2) is 78.0 Å². The van der Waals surface area contributed by atoms with Crippen LogP contribution < -0.4 is 10.6 Å². The molecular weight excluding hydrogens is 614 g/mol. The minimum atomic E-state index is -1.28. The largest absolute Gasteiger partial charge is 0.466 e. The summed E-state index contributed by atoms with van der Waals surface area (Å²) >= 11 is 0. The third-order valence-electron chi connectivity index (χ3n) is 7.23. The Labute approximate surface area is 283 Å². The van der Waals surface area contributed by atoms with Gasteiger partial charge >= 0.3 is 11.9 Å². The van der Waals surface area contributed by atoms with Crippen molar-refractivity contribution in [2.75, 3.05) is 32.9 Å². The zero-order chi connectivity index (χ0) is 35.0. The number of hydrogen-bond donors (Lipinski definition) is 4. The van der Waals surface area contributed by atoms with Crippen molar-refractivity contribution < 1.29 is 38.9 Å². The highest BCUT2D eigenvalue weighted by Gasteiger charge is 2.32. The summed E-state index contributed by atoms with van der Waals surface area (Å²) in [6.07, 6.45) is 6.22. The second-order valence-corrected chi connectivity index (χ2v) is 11.8. The SMILES string of the molecule is CC(C)(CO)C(O)C(=O)NCCCOC(=O)CCCc1ccccc1.O=C(CCCc1ccccc1)OCCNC(=O)c1cccnc1. The van der Waals surface area contributed by atoms with Crippen LogP contribution in [0.25, 0.3) is 0 Å². The molecule has 0 fully saturated rings. The predicted molar refractivity (Wildman–Crippen MR) is 182 cm³/mol. The number of aliphatic hydroxyl groups is 2. The molecule has 0 aliphatic heterocycles. The lowest BCUT2D eigenvalue weighted by Crippen LogP contribution is -2.45. The summed E-state index contributed by atoms with van der Waals surface area (Å²) in [6, 6.07) is 23.4. The van der Waals surface area contributed by atoms with Gasteiger partial charge in [-0.15, -0.1) is 0 Å². The number of amides is 2. The van der Waals surface area contributed by atoms with Crippen LogP contribution in [0.1, 0.15) is 67.4 Å². The number of esters is 2. The first-order chi connectivity index (χ1) is 23.1. The third-order valence-corrected chi connectivity index (χ3v) is 7.23. The third kappa shape index (κ3) is 16.8. The second kappa shape index (κ2) is 22.8. The van der Waals surface area contributed by atoms with E-state index in [4.69, 9.17) is 14.6 Å². The van der Waals surface area contributed by atoms with Crippen molar-refractivity contribution in [3.63, 3.8) is 0 Å². The lowest BCUT2D eigenvalue weighted by Gasteiger charge is -2.27. The van der Waals surface area contributed by atoms with E-state index in [1.807, 2.05) is 60.7 Å². The fourth-order valence-corrected chi connectivity index (χ4v) is 4.24. The van der Waals surface area contributed by atoms with Crippen LogP contribution in [0.4, 0.5) is 0 Å². The first-order valence-electron chi connectivity index (χ1n) is 16.3. The maximum absolute atomic E-state index is 11.7. The molecular formula is C37H49N3O8. The molecule has 3 aromatic rings. The Bertz CT molecular complexity index is 1350. The van der Waals surface area contributed by atoms with Gasteiger partial charge in [0.05, 0.1) is 25.3 Å². The number of hydrogen-bond acceptors (Lipinski definition) is 9. The fourth-order valence-electron chi connectivity index (χ4n) is 4.24. The highest BCUT2D eigenvalue weighted by atomic mass is 16.5. The molecule has 3 rings (SSSR count). The minimum absolute atomic E-state index is 0.177. The van der Waals surface area contributed by atoms with Crippen molar-refractivity contribution in [1.82, 2.24) is 15.6 Å². The number of carbonyl (C=O) groups excluding carboxylic acids is 4. The monoisotopic (exact) mass is 663 g/mol. The topological polar surface area (TPSA) is 164 Å². The average Bonchev–Trinajstić information content (AvgIpc) is 3.11. The normalized spacial score (nSPS) is 11.3. The molecule has 1 heterocycles. The standard InChI is InChI=1S/C19H29NO5.C18H20N2O3/c1-19(2,14-21)17(23)18(24)20-12-7-13-25-16(22)11-6-10-15-8-4-3-5-9-15;21-17(10-4-8-15-6-2-1-3-7-15)23-13-12-20-18(22)16-9-5-11-19-14-16/h3-5,8-9,17,21,23H,6-7,10-14H2,1-2H3,(H,20,24);1-3,5-7,9,11,14H,4,8,10,12-13H2,(H,20,22). The Morgan fingerprint density at radius 3 is 1.83 bits per heavy atom. The fraction of sp³-hybridized carbons (Fsp3) is 0.432. The molecule has 0 saturated carbocycles. The first-order valence-corrected chi connectivity index (χ1v) is 16.3. The van der Waals surface area contributed by atoms with E-state index >= 15 is 0 Å². The summed E-state index contributed by atoms with van der Waals surface area (Å²) < 4.78 is 10.2. The van der Waals surface area contributed by atoms with E-state index in [1.165, 1.54) is 17.3 Å². The van der Waals surface area contributed by atoms with Gasteiger partial charge in [0.1, 0.15) is 12.7 Å². The highest BCUT2D eigenvalue weighted by Crippen LogP contribution is 2.19. The van der Waals surface area contributed by atoms with Crippen LogP contribution in [0.5, 0.6) is 0 Å². The van der Waals surface area contributed by atoms with Crippen molar-refractivity contribution in [1.29, 1.82) is 0 Å². The number of ether oxygens (including phenoxy) is 2. The summed E-state index contributed by atoms with van der Waals surface area (Å²) in [5, 5.41) is 24.2. The Hall–Kier alpha value is -4.61. The summed E-state index contributed by atoms with van der Waals surface area (Å²) in [6.45, 7) is 3.91. The van der Waals surface area contributed by atoms with Gasteiger partial charge in [-0.2, -0.15) is 0 Å². The van der Waals surface area contributed by atoms with Crippen molar-refractivity contribution in [2.24, 2.45) is 5.41 Å². The molecule has 0 aliphatic carbocycles. The van der Waals surface area contributed by atoms with Crippen LogP contribution in [0.3, 0.4) is 0 Å². The smallest absolute Gasteiger partial charge is 0.305 e. The molecule has 4 N–H and O–H groups in total. The Kier molecular flexibility index (Phi) is 18.8. The Morgan fingerprint density at radius 2 is 1.31 bits per heavy atom.